The first-order valence-electron chi connectivity index (χ1n) is 10.4. The third kappa shape index (κ3) is 2.90. The fraction of sp³-hybridized carbons (Fsp3) is 0. The van der Waals surface area contributed by atoms with E-state index < -0.39 is 0 Å². The lowest BCUT2D eigenvalue weighted by Gasteiger charge is -2.12. The van der Waals surface area contributed by atoms with Crippen molar-refractivity contribution >= 4 is 16.6 Å². The molecule has 3 nitrogen and oxygen atoms in total. The van der Waals surface area contributed by atoms with Crippen molar-refractivity contribution in [3.05, 3.63) is 115 Å². The SMILES string of the molecule is c1ccc(-c2nc3c4ccccc4nc(-c4ccccc4)n3c2-c2ccccc2)cc1. The van der Waals surface area contributed by atoms with E-state index in [9.17, 15) is 0 Å². The van der Waals surface area contributed by atoms with E-state index in [4.69, 9.17) is 9.97 Å². The lowest BCUT2D eigenvalue weighted by atomic mass is 10.0. The molecule has 0 spiro atoms. The molecule has 0 atom stereocenters. The predicted octanol–water partition coefficient (Wildman–Crippen LogP) is 6.88. The average Bonchev–Trinajstić information content (AvgIpc) is 3.26. The minimum absolute atomic E-state index is 0.892. The van der Waals surface area contributed by atoms with Crippen molar-refractivity contribution in [2.45, 2.75) is 0 Å². The van der Waals surface area contributed by atoms with Crippen molar-refractivity contribution in [3.8, 4) is 33.9 Å². The summed E-state index contributed by atoms with van der Waals surface area (Å²) in [6.45, 7) is 0. The molecule has 0 radical (unpaired) electrons. The summed E-state index contributed by atoms with van der Waals surface area (Å²) in [5.74, 6) is 0.892. The highest BCUT2D eigenvalue weighted by Gasteiger charge is 2.21. The summed E-state index contributed by atoms with van der Waals surface area (Å²) < 4.78 is 2.22. The van der Waals surface area contributed by atoms with Gasteiger partial charge in [0.25, 0.3) is 0 Å². The van der Waals surface area contributed by atoms with Crippen molar-refractivity contribution in [3.63, 3.8) is 0 Å². The van der Waals surface area contributed by atoms with Crippen LogP contribution in [0.2, 0.25) is 0 Å². The van der Waals surface area contributed by atoms with E-state index in [1.54, 1.807) is 0 Å². The zero-order valence-electron chi connectivity index (χ0n) is 16.8. The van der Waals surface area contributed by atoms with E-state index in [2.05, 4.69) is 89.3 Å². The summed E-state index contributed by atoms with van der Waals surface area (Å²) in [5, 5.41) is 1.04. The highest BCUT2D eigenvalue weighted by molar-refractivity contribution is 5.97. The van der Waals surface area contributed by atoms with E-state index in [0.717, 1.165) is 50.5 Å². The first kappa shape index (κ1) is 17.6. The lowest BCUT2D eigenvalue weighted by molar-refractivity contribution is 1.13. The molecule has 2 heterocycles. The number of aromatic nitrogens is 3. The van der Waals surface area contributed by atoms with Gasteiger partial charge in [0.05, 0.1) is 16.9 Å². The number of benzene rings is 4. The van der Waals surface area contributed by atoms with Crippen LogP contribution >= 0.6 is 0 Å². The Kier molecular flexibility index (Phi) is 4.10. The zero-order valence-corrected chi connectivity index (χ0v) is 16.8. The Hall–Kier alpha value is -4.24. The van der Waals surface area contributed by atoms with Crippen LogP contribution in [-0.4, -0.2) is 14.4 Å². The van der Waals surface area contributed by atoms with Crippen LogP contribution in [0.15, 0.2) is 115 Å². The van der Waals surface area contributed by atoms with Gasteiger partial charge in [0, 0.05) is 22.1 Å². The van der Waals surface area contributed by atoms with Gasteiger partial charge in [0.2, 0.25) is 0 Å². The van der Waals surface area contributed by atoms with Crippen LogP contribution in [0.25, 0.3) is 50.5 Å². The van der Waals surface area contributed by atoms with E-state index in [0.29, 0.717) is 0 Å². The summed E-state index contributed by atoms with van der Waals surface area (Å²) in [7, 11) is 0. The Bertz CT molecular complexity index is 1500. The van der Waals surface area contributed by atoms with Crippen LogP contribution in [0.4, 0.5) is 0 Å². The minimum atomic E-state index is 0.892. The maximum atomic E-state index is 5.20. The van der Waals surface area contributed by atoms with Gasteiger partial charge in [-0.2, -0.15) is 0 Å². The van der Waals surface area contributed by atoms with Gasteiger partial charge in [-0.3, -0.25) is 4.40 Å². The summed E-state index contributed by atoms with van der Waals surface area (Å²) in [5.41, 5.74) is 7.14. The fourth-order valence-electron chi connectivity index (χ4n) is 4.17. The van der Waals surface area contributed by atoms with Gasteiger partial charge in [-0.05, 0) is 12.1 Å². The molecule has 0 aliphatic heterocycles. The van der Waals surface area contributed by atoms with E-state index in [-0.39, 0.29) is 0 Å². The molecule has 0 N–H and O–H groups in total. The van der Waals surface area contributed by atoms with Gasteiger partial charge in [-0.25, -0.2) is 9.97 Å². The van der Waals surface area contributed by atoms with Crippen molar-refractivity contribution < 1.29 is 0 Å². The number of rotatable bonds is 3. The molecule has 0 bridgehead atoms. The standard InChI is InChI=1S/C28H19N3/c1-4-12-20(13-5-1)25-26(21-14-6-2-7-15-21)31-27(22-16-8-3-9-17-22)29-24-19-11-10-18-23(24)28(31)30-25/h1-19H. The van der Waals surface area contributed by atoms with E-state index >= 15 is 0 Å². The number of hydrogen-bond donors (Lipinski definition) is 0. The molecule has 3 heteroatoms. The van der Waals surface area contributed by atoms with Gasteiger partial charge < -0.3 is 0 Å². The Morgan fingerprint density at radius 1 is 0.484 bits per heavy atom. The molecule has 0 fully saturated rings. The molecule has 2 aromatic heterocycles. The second kappa shape index (κ2) is 7.22. The van der Waals surface area contributed by atoms with Crippen LogP contribution in [-0.2, 0) is 0 Å². The minimum Gasteiger partial charge on any atom is -0.275 e. The Labute approximate surface area is 180 Å². The van der Waals surface area contributed by atoms with Crippen molar-refractivity contribution in [2.75, 3.05) is 0 Å². The number of hydrogen-bond acceptors (Lipinski definition) is 2. The van der Waals surface area contributed by atoms with Crippen molar-refractivity contribution in [2.24, 2.45) is 0 Å². The molecular weight excluding hydrogens is 378 g/mol. The van der Waals surface area contributed by atoms with Crippen LogP contribution in [0.1, 0.15) is 0 Å². The van der Waals surface area contributed by atoms with Gasteiger partial charge in [-0.1, -0.05) is 103 Å². The summed E-state index contributed by atoms with van der Waals surface area (Å²) >= 11 is 0. The number of para-hydroxylation sites is 1. The second-order valence-corrected chi connectivity index (χ2v) is 7.52. The first-order valence-corrected chi connectivity index (χ1v) is 10.4. The maximum Gasteiger partial charge on any atom is 0.149 e. The molecule has 4 aromatic carbocycles. The van der Waals surface area contributed by atoms with Crippen molar-refractivity contribution in [1.29, 1.82) is 0 Å². The predicted molar refractivity (Wildman–Crippen MR) is 127 cm³/mol. The summed E-state index contributed by atoms with van der Waals surface area (Å²) in [4.78, 5) is 10.3. The van der Waals surface area contributed by atoms with Gasteiger partial charge in [-0.15, -0.1) is 0 Å². The molecule has 146 valence electrons. The molecule has 0 unspecified atom stereocenters. The maximum absolute atomic E-state index is 5.20. The molecule has 31 heavy (non-hydrogen) atoms. The number of imidazole rings is 1. The quantitative estimate of drug-likeness (QED) is 0.326. The molecule has 6 rings (SSSR count). The Balaban J connectivity index is 1.83. The number of fused-ring (bicyclic) bond motifs is 3. The molecule has 0 aliphatic carbocycles. The van der Waals surface area contributed by atoms with Crippen LogP contribution in [0.3, 0.4) is 0 Å². The first-order chi connectivity index (χ1) is 15.4. The van der Waals surface area contributed by atoms with Gasteiger partial charge in [0.15, 0.2) is 0 Å². The highest BCUT2D eigenvalue weighted by Crippen LogP contribution is 2.37. The molecule has 0 saturated heterocycles. The highest BCUT2D eigenvalue weighted by atomic mass is 15.1. The average molecular weight is 397 g/mol. The third-order valence-corrected chi connectivity index (χ3v) is 5.59. The number of nitrogens with zero attached hydrogens (tertiary/aromatic N) is 3. The molecule has 0 saturated carbocycles. The van der Waals surface area contributed by atoms with E-state index in [1.165, 1.54) is 0 Å². The largest absolute Gasteiger partial charge is 0.275 e. The Morgan fingerprint density at radius 2 is 1.03 bits per heavy atom. The third-order valence-electron chi connectivity index (χ3n) is 5.59. The summed E-state index contributed by atoms with van der Waals surface area (Å²) in [6, 6.07) is 39.4. The molecule has 0 aliphatic rings. The van der Waals surface area contributed by atoms with Crippen LogP contribution in [0, 0.1) is 0 Å². The second-order valence-electron chi connectivity index (χ2n) is 7.52. The van der Waals surface area contributed by atoms with Crippen LogP contribution < -0.4 is 0 Å². The zero-order chi connectivity index (χ0) is 20.6. The lowest BCUT2D eigenvalue weighted by Crippen LogP contribution is -1.99. The van der Waals surface area contributed by atoms with Crippen molar-refractivity contribution in [1.82, 2.24) is 14.4 Å². The van der Waals surface area contributed by atoms with Gasteiger partial charge >= 0.3 is 0 Å². The molecule has 0 amide bonds. The van der Waals surface area contributed by atoms with Gasteiger partial charge in [0.1, 0.15) is 11.5 Å². The Morgan fingerprint density at radius 3 is 1.71 bits per heavy atom. The molecular formula is C28H19N3. The fourth-order valence-corrected chi connectivity index (χ4v) is 4.17. The monoisotopic (exact) mass is 397 g/mol. The topological polar surface area (TPSA) is 30.2 Å². The normalized spacial score (nSPS) is 11.2. The van der Waals surface area contributed by atoms with E-state index in [1.807, 2.05) is 30.3 Å². The molecule has 6 aromatic rings. The van der Waals surface area contributed by atoms with Crippen LogP contribution in [0.5, 0.6) is 0 Å². The summed E-state index contributed by atoms with van der Waals surface area (Å²) in [6.07, 6.45) is 0. The smallest absolute Gasteiger partial charge is 0.149 e.